The number of aryl methyl sites for hydroxylation is 4. The van der Waals surface area contributed by atoms with Gasteiger partial charge in [0, 0.05) is 6.42 Å². The standard InChI is InChI=1S/C22H27NO2/c1-15-7-8-17(13-16(15)2)9-12-22(24)23-21-6-4-5-18-14-19(25-3)10-11-20(18)21/h7-8,10-11,13-14,21H,4-6,9,12H2,1-3H3,(H,23,24). The van der Waals surface area contributed by atoms with E-state index in [2.05, 4.69) is 49.5 Å². The number of methoxy groups -OCH3 is 1. The van der Waals surface area contributed by atoms with E-state index in [1.807, 2.05) is 6.07 Å². The zero-order valence-corrected chi connectivity index (χ0v) is 15.4. The van der Waals surface area contributed by atoms with E-state index in [0.29, 0.717) is 6.42 Å². The molecule has 3 rings (SSSR count). The average molecular weight is 337 g/mol. The van der Waals surface area contributed by atoms with Gasteiger partial charge in [0.1, 0.15) is 5.75 Å². The van der Waals surface area contributed by atoms with E-state index >= 15 is 0 Å². The fourth-order valence-corrected chi connectivity index (χ4v) is 3.55. The highest BCUT2D eigenvalue weighted by Gasteiger charge is 2.22. The Morgan fingerprint density at radius 3 is 2.76 bits per heavy atom. The first-order chi connectivity index (χ1) is 12.1. The molecule has 0 aliphatic heterocycles. The Hall–Kier alpha value is -2.29. The van der Waals surface area contributed by atoms with Gasteiger partial charge in [-0.15, -0.1) is 0 Å². The van der Waals surface area contributed by atoms with E-state index < -0.39 is 0 Å². The van der Waals surface area contributed by atoms with Crippen molar-refractivity contribution in [1.29, 1.82) is 0 Å². The quantitative estimate of drug-likeness (QED) is 0.876. The predicted molar refractivity (Wildman–Crippen MR) is 101 cm³/mol. The molecule has 1 N–H and O–H groups in total. The van der Waals surface area contributed by atoms with Crippen LogP contribution in [0.4, 0.5) is 0 Å². The minimum atomic E-state index is 0.127. The summed E-state index contributed by atoms with van der Waals surface area (Å²) in [6.45, 7) is 4.23. The molecule has 1 amide bonds. The van der Waals surface area contributed by atoms with Crippen LogP contribution < -0.4 is 10.1 Å². The number of fused-ring (bicyclic) bond motifs is 1. The van der Waals surface area contributed by atoms with Gasteiger partial charge in [0.2, 0.25) is 5.91 Å². The highest BCUT2D eigenvalue weighted by molar-refractivity contribution is 5.76. The summed E-state index contributed by atoms with van der Waals surface area (Å²) in [7, 11) is 1.69. The lowest BCUT2D eigenvalue weighted by Gasteiger charge is -2.27. The number of ether oxygens (including phenoxy) is 1. The molecular formula is C22H27NO2. The molecule has 0 spiro atoms. The van der Waals surface area contributed by atoms with E-state index in [0.717, 1.165) is 31.4 Å². The Morgan fingerprint density at radius 1 is 1.16 bits per heavy atom. The van der Waals surface area contributed by atoms with Gasteiger partial charge < -0.3 is 10.1 Å². The van der Waals surface area contributed by atoms with Crippen LogP contribution in [0.5, 0.6) is 5.75 Å². The van der Waals surface area contributed by atoms with Crippen LogP contribution in [0, 0.1) is 13.8 Å². The molecule has 0 radical (unpaired) electrons. The first-order valence-electron chi connectivity index (χ1n) is 9.09. The maximum Gasteiger partial charge on any atom is 0.220 e. The second-order valence-electron chi connectivity index (χ2n) is 7.00. The van der Waals surface area contributed by atoms with Crippen molar-refractivity contribution in [3.63, 3.8) is 0 Å². The smallest absolute Gasteiger partial charge is 0.220 e. The number of rotatable bonds is 5. The van der Waals surface area contributed by atoms with Crippen molar-refractivity contribution in [2.45, 2.75) is 52.0 Å². The van der Waals surface area contributed by atoms with Crippen LogP contribution in [-0.4, -0.2) is 13.0 Å². The molecule has 0 heterocycles. The number of carbonyl (C=O) groups is 1. The molecule has 0 saturated heterocycles. The Morgan fingerprint density at radius 2 is 2.00 bits per heavy atom. The minimum Gasteiger partial charge on any atom is -0.497 e. The zero-order valence-electron chi connectivity index (χ0n) is 15.4. The third-order valence-electron chi connectivity index (χ3n) is 5.21. The number of nitrogens with one attached hydrogen (secondary N) is 1. The van der Waals surface area contributed by atoms with Crippen LogP contribution in [0.15, 0.2) is 36.4 Å². The van der Waals surface area contributed by atoms with Crippen molar-refractivity contribution >= 4 is 5.91 Å². The Labute approximate surface area is 150 Å². The molecule has 1 atom stereocenters. The molecule has 2 aromatic carbocycles. The summed E-state index contributed by atoms with van der Waals surface area (Å²) in [6, 6.07) is 12.8. The Balaban J connectivity index is 1.61. The zero-order chi connectivity index (χ0) is 17.8. The summed E-state index contributed by atoms with van der Waals surface area (Å²) in [4.78, 5) is 12.4. The number of hydrogen-bond acceptors (Lipinski definition) is 2. The first kappa shape index (κ1) is 17.5. The van der Waals surface area contributed by atoms with Crippen molar-refractivity contribution in [1.82, 2.24) is 5.32 Å². The number of amides is 1. The summed E-state index contributed by atoms with van der Waals surface area (Å²) in [6.07, 6.45) is 4.48. The number of benzene rings is 2. The normalized spacial score (nSPS) is 16.2. The second-order valence-corrected chi connectivity index (χ2v) is 7.00. The molecular weight excluding hydrogens is 310 g/mol. The molecule has 132 valence electrons. The van der Waals surface area contributed by atoms with Crippen LogP contribution in [0.2, 0.25) is 0 Å². The lowest BCUT2D eigenvalue weighted by atomic mass is 9.87. The number of carbonyl (C=O) groups excluding carboxylic acids is 1. The van der Waals surface area contributed by atoms with Gasteiger partial charge in [-0.05, 0) is 79.5 Å². The van der Waals surface area contributed by atoms with Crippen LogP contribution in [-0.2, 0) is 17.6 Å². The first-order valence-corrected chi connectivity index (χ1v) is 9.09. The van der Waals surface area contributed by atoms with Gasteiger partial charge >= 0.3 is 0 Å². The highest BCUT2D eigenvalue weighted by atomic mass is 16.5. The molecule has 1 aliphatic rings. The summed E-state index contributed by atoms with van der Waals surface area (Å²) in [5.41, 5.74) is 6.35. The van der Waals surface area contributed by atoms with E-state index in [1.54, 1.807) is 7.11 Å². The second kappa shape index (κ2) is 7.73. The molecule has 0 aromatic heterocycles. The molecule has 25 heavy (non-hydrogen) atoms. The van der Waals surface area contributed by atoms with Crippen molar-refractivity contribution in [2.24, 2.45) is 0 Å². The van der Waals surface area contributed by atoms with Crippen LogP contribution in [0.25, 0.3) is 0 Å². The van der Waals surface area contributed by atoms with Gasteiger partial charge in [-0.25, -0.2) is 0 Å². The van der Waals surface area contributed by atoms with Gasteiger partial charge in [0.05, 0.1) is 13.2 Å². The SMILES string of the molecule is COc1ccc2c(c1)CCCC2NC(=O)CCc1ccc(C)c(C)c1. The Kier molecular flexibility index (Phi) is 5.42. The van der Waals surface area contributed by atoms with Crippen molar-refractivity contribution in [3.8, 4) is 5.75 Å². The third kappa shape index (κ3) is 4.22. The van der Waals surface area contributed by atoms with E-state index in [9.17, 15) is 4.79 Å². The minimum absolute atomic E-state index is 0.127. The van der Waals surface area contributed by atoms with Gasteiger partial charge in [-0.1, -0.05) is 24.3 Å². The molecule has 2 aromatic rings. The van der Waals surface area contributed by atoms with E-state index in [1.165, 1.54) is 27.8 Å². The lowest BCUT2D eigenvalue weighted by Crippen LogP contribution is -2.31. The fraction of sp³-hybridized carbons (Fsp3) is 0.409. The van der Waals surface area contributed by atoms with Gasteiger partial charge in [0.15, 0.2) is 0 Å². The Bertz CT molecular complexity index is 767. The molecule has 3 nitrogen and oxygen atoms in total. The number of hydrogen-bond donors (Lipinski definition) is 1. The average Bonchev–Trinajstić information content (AvgIpc) is 2.62. The van der Waals surface area contributed by atoms with Crippen molar-refractivity contribution in [3.05, 3.63) is 64.2 Å². The summed E-state index contributed by atoms with van der Waals surface area (Å²) < 4.78 is 5.31. The summed E-state index contributed by atoms with van der Waals surface area (Å²) in [5.74, 6) is 1.02. The summed E-state index contributed by atoms with van der Waals surface area (Å²) >= 11 is 0. The molecule has 3 heteroatoms. The van der Waals surface area contributed by atoms with Crippen LogP contribution in [0.3, 0.4) is 0 Å². The predicted octanol–water partition coefficient (Wildman–Crippen LogP) is 4.44. The fourth-order valence-electron chi connectivity index (χ4n) is 3.55. The molecule has 0 bridgehead atoms. The maximum absolute atomic E-state index is 12.4. The molecule has 0 fully saturated rings. The van der Waals surface area contributed by atoms with Crippen molar-refractivity contribution in [2.75, 3.05) is 7.11 Å². The highest BCUT2D eigenvalue weighted by Crippen LogP contribution is 2.32. The lowest BCUT2D eigenvalue weighted by molar-refractivity contribution is -0.121. The third-order valence-corrected chi connectivity index (χ3v) is 5.21. The monoisotopic (exact) mass is 337 g/mol. The molecule has 0 saturated carbocycles. The van der Waals surface area contributed by atoms with Crippen LogP contribution >= 0.6 is 0 Å². The topological polar surface area (TPSA) is 38.3 Å². The van der Waals surface area contributed by atoms with Crippen molar-refractivity contribution < 1.29 is 9.53 Å². The molecule has 1 unspecified atom stereocenters. The van der Waals surface area contributed by atoms with E-state index in [-0.39, 0.29) is 11.9 Å². The van der Waals surface area contributed by atoms with Gasteiger partial charge in [0.25, 0.3) is 0 Å². The largest absolute Gasteiger partial charge is 0.497 e. The van der Waals surface area contributed by atoms with Gasteiger partial charge in [-0.2, -0.15) is 0 Å². The van der Waals surface area contributed by atoms with Gasteiger partial charge in [-0.3, -0.25) is 4.79 Å². The van der Waals surface area contributed by atoms with Crippen LogP contribution in [0.1, 0.15) is 53.1 Å². The molecule has 1 aliphatic carbocycles. The van der Waals surface area contributed by atoms with E-state index in [4.69, 9.17) is 4.74 Å². The summed E-state index contributed by atoms with van der Waals surface area (Å²) in [5, 5.41) is 3.23. The maximum atomic E-state index is 12.4.